The highest BCUT2D eigenvalue weighted by molar-refractivity contribution is 7.97. The van der Waals surface area contributed by atoms with Crippen LogP contribution in [-0.4, -0.2) is 58.2 Å². The Balaban J connectivity index is 1.38. The summed E-state index contributed by atoms with van der Waals surface area (Å²) >= 11 is 14.1. The summed E-state index contributed by atoms with van der Waals surface area (Å²) in [5, 5.41) is 31.2. The van der Waals surface area contributed by atoms with E-state index in [-0.39, 0.29) is 59.8 Å². The summed E-state index contributed by atoms with van der Waals surface area (Å²) in [6.45, 7) is 0.523. The second-order valence-electron chi connectivity index (χ2n) is 12.1. The highest BCUT2D eigenvalue weighted by Gasteiger charge is 2.46. The molecule has 17 heteroatoms. The second-order valence-corrected chi connectivity index (χ2v) is 15.5. The van der Waals surface area contributed by atoms with Crippen LogP contribution >= 0.6 is 35.1 Å². The maximum atomic E-state index is 13.1. The van der Waals surface area contributed by atoms with Crippen molar-refractivity contribution in [3.63, 3.8) is 0 Å². The van der Waals surface area contributed by atoms with Crippen molar-refractivity contribution >= 4 is 90.4 Å². The van der Waals surface area contributed by atoms with Gasteiger partial charge in [-0.2, -0.15) is 0 Å². The first kappa shape index (κ1) is 38.4. The predicted octanol–water partition coefficient (Wildman–Crippen LogP) is 7.96. The van der Waals surface area contributed by atoms with Crippen molar-refractivity contribution in [2.75, 3.05) is 44.8 Å². The molecule has 2 unspecified atom stereocenters. The third kappa shape index (κ3) is 8.39. The van der Waals surface area contributed by atoms with Crippen LogP contribution in [0.15, 0.2) is 117 Å². The molecule has 0 bridgehead atoms. The first-order valence-corrected chi connectivity index (χ1v) is 19.4. The summed E-state index contributed by atoms with van der Waals surface area (Å²) in [6.07, 6.45) is -2.48. The summed E-state index contributed by atoms with van der Waals surface area (Å²) in [6, 6.07) is 27.2. The summed E-state index contributed by atoms with van der Waals surface area (Å²) in [4.78, 5) is 1.43. The van der Waals surface area contributed by atoms with E-state index in [0.717, 1.165) is 10.3 Å². The lowest BCUT2D eigenvalue weighted by Crippen LogP contribution is -2.53. The molecule has 6 aromatic carbocycles. The van der Waals surface area contributed by atoms with Gasteiger partial charge in [0.05, 0.1) is 29.5 Å². The number of hydrogen-bond acceptors (Lipinski definition) is 13. The molecule has 6 aromatic rings. The molecular weight excluding hydrogens is 787 g/mol. The smallest absolute Gasteiger partial charge is 0.396 e. The number of benzene rings is 6. The second kappa shape index (κ2) is 16.5. The Labute approximate surface area is 332 Å². The summed E-state index contributed by atoms with van der Waals surface area (Å²) in [7, 11) is 0.142. The molecule has 284 valence electrons. The summed E-state index contributed by atoms with van der Waals surface area (Å²) in [5.41, 5.74) is 14.1. The number of halogens is 2. The monoisotopic (exact) mass is 820 g/mol. The molecule has 0 radical (unpaired) electrons. The topological polar surface area (TPSA) is 186 Å². The number of nitrogens with one attached hydrogen (secondary N) is 1. The number of nitrogens with two attached hydrogens (primary N) is 2. The van der Waals surface area contributed by atoms with Crippen molar-refractivity contribution in [2.45, 2.75) is 16.0 Å². The molecule has 2 atom stereocenters. The van der Waals surface area contributed by atoms with Crippen molar-refractivity contribution in [1.82, 2.24) is 9.03 Å². The molecule has 7 N–H and O–H groups in total. The fraction of sp³-hybridized carbons (Fsp3) is 0.158. The lowest BCUT2D eigenvalue weighted by molar-refractivity contribution is -0.366. The molecule has 13 nitrogen and oxygen atoms in total. The average Bonchev–Trinajstić information content (AvgIpc) is 3.23. The minimum absolute atomic E-state index is 0.00475. The molecule has 0 aromatic heterocycles. The fourth-order valence-electron chi connectivity index (χ4n) is 5.65. The Morgan fingerprint density at radius 3 is 2.31 bits per heavy atom. The average molecular weight is 822 g/mol. The molecule has 0 fully saturated rings. The number of ether oxygens (including phenoxy) is 4. The standard InChI is InChI=1S/C38H34Cl2N6O7S2/c1-46(15-17-48)55(49)27-7-9-28-23(19-27)2-10-34(36(28)42)52-38(50-32-12-4-24(39)20-30(32)41)51-33-13-5-25(40)21-31(33)44-45-37-29-8-6-26(54-43-14-16-47)18-22(29)3-11-35(37)53-38/h2-13,18-21,43,47-48H,14-17,41-42H2,1H3. The number of nitrogen functional groups attached to an aromatic ring is 2. The molecule has 0 amide bonds. The van der Waals surface area contributed by atoms with Crippen molar-refractivity contribution in [3.8, 4) is 23.0 Å². The minimum atomic E-state index is -2.48. The first-order valence-electron chi connectivity index (χ1n) is 16.7. The Bertz CT molecular complexity index is 2460. The first-order chi connectivity index (χ1) is 26.6. The number of fused-ring (bicyclic) bond motifs is 5. The number of hydrogen-bond donors (Lipinski definition) is 5. The van der Waals surface area contributed by atoms with Crippen LogP contribution in [0.5, 0.6) is 23.0 Å². The SMILES string of the molecule is CN(CCO)S(=O)c1ccc2c(N)c(OC3(Oc4ccc(Cl)cc4N)Oc4ccc(Cl)cc4N=Nc4c(ccc5cc(SNCCO)ccc45)O3)ccc2c1. The summed E-state index contributed by atoms with van der Waals surface area (Å²) in [5.74, 6) is 0.505. The van der Waals surface area contributed by atoms with Gasteiger partial charge in [0.15, 0.2) is 23.0 Å². The number of nitrogens with zero attached hydrogens (tertiary/aromatic N) is 3. The molecule has 0 spiro atoms. The van der Waals surface area contributed by atoms with Crippen molar-refractivity contribution in [1.29, 1.82) is 0 Å². The Kier molecular flexibility index (Phi) is 11.5. The van der Waals surface area contributed by atoms with Crippen LogP contribution in [0.25, 0.3) is 21.5 Å². The number of rotatable bonds is 12. The minimum Gasteiger partial charge on any atom is -0.396 e. The van der Waals surface area contributed by atoms with Gasteiger partial charge in [0, 0.05) is 45.9 Å². The van der Waals surface area contributed by atoms with Crippen LogP contribution in [0.1, 0.15) is 0 Å². The fourth-order valence-corrected chi connectivity index (χ4v) is 7.70. The molecule has 1 heterocycles. The maximum absolute atomic E-state index is 13.1. The van der Waals surface area contributed by atoms with Crippen LogP contribution in [0.2, 0.25) is 10.0 Å². The molecule has 1 aliphatic heterocycles. The van der Waals surface area contributed by atoms with E-state index in [9.17, 15) is 14.4 Å². The van der Waals surface area contributed by atoms with Gasteiger partial charge < -0.3 is 40.6 Å². The van der Waals surface area contributed by atoms with Gasteiger partial charge in [0.25, 0.3) is 0 Å². The van der Waals surface area contributed by atoms with Crippen molar-refractivity contribution < 1.29 is 33.4 Å². The van der Waals surface area contributed by atoms with E-state index < -0.39 is 17.1 Å². The van der Waals surface area contributed by atoms with Gasteiger partial charge in [-0.25, -0.2) is 8.51 Å². The molecule has 0 saturated heterocycles. The van der Waals surface area contributed by atoms with E-state index in [1.54, 1.807) is 73.8 Å². The van der Waals surface area contributed by atoms with Crippen molar-refractivity contribution in [3.05, 3.63) is 107 Å². The number of anilines is 2. The predicted molar refractivity (Wildman–Crippen MR) is 216 cm³/mol. The lowest BCUT2D eigenvalue weighted by Gasteiger charge is -2.33. The number of aliphatic hydroxyl groups excluding tert-OH is 2. The molecule has 0 aliphatic carbocycles. The molecular formula is C38H34Cl2N6O7S2. The zero-order valence-corrected chi connectivity index (χ0v) is 32.2. The van der Waals surface area contributed by atoms with E-state index in [1.807, 2.05) is 24.3 Å². The van der Waals surface area contributed by atoms with Gasteiger partial charge in [-0.3, -0.25) is 4.72 Å². The normalized spacial score (nSPS) is 15.7. The van der Waals surface area contributed by atoms with Gasteiger partial charge >= 0.3 is 6.16 Å². The Morgan fingerprint density at radius 1 is 0.818 bits per heavy atom. The highest BCUT2D eigenvalue weighted by Crippen LogP contribution is 2.46. The quantitative estimate of drug-likeness (QED) is 0.0349. The van der Waals surface area contributed by atoms with Gasteiger partial charge in [0.1, 0.15) is 22.4 Å². The van der Waals surface area contributed by atoms with Gasteiger partial charge in [-0.05, 0) is 95.5 Å². The van der Waals surface area contributed by atoms with Crippen LogP contribution in [-0.2, 0) is 11.0 Å². The van der Waals surface area contributed by atoms with Gasteiger partial charge in [-0.15, -0.1) is 10.2 Å². The zero-order valence-electron chi connectivity index (χ0n) is 29.1. The third-order valence-electron chi connectivity index (χ3n) is 8.31. The third-order valence-corrected chi connectivity index (χ3v) is 11.0. The van der Waals surface area contributed by atoms with E-state index in [0.29, 0.717) is 43.3 Å². The Morgan fingerprint density at radius 2 is 1.51 bits per heavy atom. The van der Waals surface area contributed by atoms with Crippen LogP contribution in [0.4, 0.5) is 22.7 Å². The zero-order chi connectivity index (χ0) is 38.7. The molecule has 55 heavy (non-hydrogen) atoms. The summed E-state index contributed by atoms with van der Waals surface area (Å²) < 4.78 is 44.0. The van der Waals surface area contributed by atoms with Gasteiger partial charge in [0.2, 0.25) is 0 Å². The van der Waals surface area contributed by atoms with E-state index in [4.69, 9.17) is 53.6 Å². The van der Waals surface area contributed by atoms with E-state index >= 15 is 0 Å². The largest absolute Gasteiger partial charge is 0.611 e. The molecule has 7 rings (SSSR count). The van der Waals surface area contributed by atoms with E-state index in [1.165, 1.54) is 22.3 Å². The molecule has 0 saturated carbocycles. The number of aliphatic hydroxyl groups is 2. The van der Waals surface area contributed by atoms with Crippen LogP contribution in [0, 0.1) is 0 Å². The highest BCUT2D eigenvalue weighted by atomic mass is 35.5. The van der Waals surface area contributed by atoms with Crippen LogP contribution in [0.3, 0.4) is 0 Å². The van der Waals surface area contributed by atoms with Crippen LogP contribution < -0.4 is 35.1 Å². The Hall–Kier alpha value is -4.84. The molecule has 1 aliphatic rings. The number of azo groups is 1. The maximum Gasteiger partial charge on any atom is 0.611 e. The van der Waals surface area contributed by atoms with Crippen molar-refractivity contribution in [2.24, 2.45) is 10.2 Å². The van der Waals surface area contributed by atoms with Gasteiger partial charge in [-0.1, -0.05) is 47.5 Å². The number of likely N-dealkylation sites (N-methyl/N-ethyl adjacent to an activating group) is 1. The van der Waals surface area contributed by atoms with E-state index in [2.05, 4.69) is 15.0 Å². The lowest BCUT2D eigenvalue weighted by atomic mass is 10.1.